The van der Waals surface area contributed by atoms with E-state index in [1.54, 1.807) is 7.11 Å². The van der Waals surface area contributed by atoms with Crippen molar-refractivity contribution in [2.75, 3.05) is 66.2 Å². The maximum absolute atomic E-state index is 5.39. The highest BCUT2D eigenvalue weighted by Crippen LogP contribution is 2.44. The van der Waals surface area contributed by atoms with Crippen LogP contribution in [-0.2, 0) is 9.47 Å². The van der Waals surface area contributed by atoms with E-state index in [0.717, 1.165) is 64.9 Å². The third-order valence-electron chi connectivity index (χ3n) is 5.46. The molecule has 2 fully saturated rings. The molecule has 1 saturated carbocycles. The summed E-state index contributed by atoms with van der Waals surface area (Å²) in [5, 5.41) is 6.88. The second kappa shape index (κ2) is 11.7. The van der Waals surface area contributed by atoms with E-state index in [9.17, 15) is 0 Å². The molecule has 1 heterocycles. The van der Waals surface area contributed by atoms with E-state index in [1.165, 1.54) is 38.6 Å². The smallest absolute Gasteiger partial charge is 0.191 e. The first-order chi connectivity index (χ1) is 12.3. The van der Waals surface area contributed by atoms with Crippen LogP contribution in [0.4, 0.5) is 0 Å². The van der Waals surface area contributed by atoms with Gasteiger partial charge >= 0.3 is 0 Å². The Hall–Kier alpha value is -0.850. The van der Waals surface area contributed by atoms with E-state index < -0.39 is 0 Å². The first kappa shape index (κ1) is 20.5. The van der Waals surface area contributed by atoms with Gasteiger partial charge in [0.25, 0.3) is 0 Å². The normalized spacial score (nSPS) is 21.0. The van der Waals surface area contributed by atoms with Crippen molar-refractivity contribution < 1.29 is 9.47 Å². The first-order valence-electron chi connectivity index (χ1n) is 10.1. The number of hydrogen-bond donors (Lipinski definition) is 2. The van der Waals surface area contributed by atoms with Gasteiger partial charge in [0.1, 0.15) is 0 Å². The summed E-state index contributed by atoms with van der Waals surface area (Å²) in [5.74, 6) is 0.970. The molecule has 25 heavy (non-hydrogen) atoms. The lowest BCUT2D eigenvalue weighted by atomic mass is 9.67. The summed E-state index contributed by atoms with van der Waals surface area (Å²) >= 11 is 0. The van der Waals surface area contributed by atoms with E-state index in [-0.39, 0.29) is 0 Å². The molecule has 0 aromatic heterocycles. The van der Waals surface area contributed by atoms with Crippen LogP contribution in [0.25, 0.3) is 0 Å². The summed E-state index contributed by atoms with van der Waals surface area (Å²) < 4.78 is 10.7. The van der Waals surface area contributed by atoms with Crippen LogP contribution in [0.15, 0.2) is 4.99 Å². The Morgan fingerprint density at radius 3 is 2.64 bits per heavy atom. The van der Waals surface area contributed by atoms with Crippen molar-refractivity contribution in [2.45, 2.75) is 45.4 Å². The second-order valence-electron chi connectivity index (χ2n) is 7.38. The summed E-state index contributed by atoms with van der Waals surface area (Å²) in [6, 6.07) is 0. The van der Waals surface area contributed by atoms with Gasteiger partial charge in [-0.2, -0.15) is 0 Å². The highest BCUT2D eigenvalue weighted by atomic mass is 16.5. The van der Waals surface area contributed by atoms with Crippen LogP contribution in [0.3, 0.4) is 0 Å². The number of guanidine groups is 1. The third kappa shape index (κ3) is 7.50. The molecule has 0 atom stereocenters. The summed E-state index contributed by atoms with van der Waals surface area (Å²) in [6.45, 7) is 10.9. The van der Waals surface area contributed by atoms with E-state index >= 15 is 0 Å². The minimum atomic E-state index is 0.384. The van der Waals surface area contributed by atoms with Crippen molar-refractivity contribution in [3.63, 3.8) is 0 Å². The predicted molar refractivity (Wildman–Crippen MR) is 103 cm³/mol. The van der Waals surface area contributed by atoms with Gasteiger partial charge in [0, 0.05) is 46.4 Å². The molecule has 0 spiro atoms. The van der Waals surface area contributed by atoms with Crippen LogP contribution in [0, 0.1) is 5.41 Å². The number of nitrogens with zero attached hydrogens (tertiary/aromatic N) is 2. The van der Waals surface area contributed by atoms with Crippen molar-refractivity contribution in [1.82, 2.24) is 15.5 Å². The third-order valence-corrected chi connectivity index (χ3v) is 5.46. The van der Waals surface area contributed by atoms with E-state index in [1.807, 2.05) is 0 Å². The van der Waals surface area contributed by atoms with Crippen LogP contribution in [0.2, 0.25) is 0 Å². The van der Waals surface area contributed by atoms with Gasteiger partial charge in [0.05, 0.1) is 13.2 Å². The minimum absolute atomic E-state index is 0.384. The Balaban J connectivity index is 1.64. The number of nitrogens with one attached hydrogen (secondary N) is 2. The topological polar surface area (TPSA) is 58.1 Å². The van der Waals surface area contributed by atoms with Gasteiger partial charge in [-0.15, -0.1) is 0 Å². The molecular weight excluding hydrogens is 316 g/mol. The first-order valence-corrected chi connectivity index (χ1v) is 10.1. The summed E-state index contributed by atoms with van der Waals surface area (Å²) in [4.78, 5) is 7.36. The van der Waals surface area contributed by atoms with Crippen LogP contribution in [0.5, 0.6) is 0 Å². The van der Waals surface area contributed by atoms with Crippen molar-refractivity contribution in [3.05, 3.63) is 0 Å². The summed E-state index contributed by atoms with van der Waals surface area (Å²) in [6.07, 6.45) is 7.45. The van der Waals surface area contributed by atoms with Crippen LogP contribution in [0.1, 0.15) is 45.4 Å². The second-order valence-corrected chi connectivity index (χ2v) is 7.38. The highest BCUT2D eigenvalue weighted by molar-refractivity contribution is 5.79. The van der Waals surface area contributed by atoms with Gasteiger partial charge in [-0.05, 0) is 51.0 Å². The molecule has 0 unspecified atom stereocenters. The Labute approximate surface area is 153 Å². The monoisotopic (exact) mass is 354 g/mol. The van der Waals surface area contributed by atoms with Crippen molar-refractivity contribution >= 4 is 5.96 Å². The number of methoxy groups -OCH3 is 1. The molecule has 0 bridgehead atoms. The van der Waals surface area contributed by atoms with Gasteiger partial charge in [-0.3, -0.25) is 9.89 Å². The SMILES string of the molecule is CCNC(=NCC1(CCOC)CCC1)NCCCCN1CCOCC1. The molecule has 0 amide bonds. The molecule has 6 nitrogen and oxygen atoms in total. The fourth-order valence-electron chi connectivity index (χ4n) is 3.56. The number of aliphatic imine (C=N–C) groups is 1. The Morgan fingerprint density at radius 2 is 2.00 bits per heavy atom. The fourth-order valence-corrected chi connectivity index (χ4v) is 3.56. The summed E-state index contributed by atoms with van der Waals surface area (Å²) in [5.41, 5.74) is 0.384. The van der Waals surface area contributed by atoms with Gasteiger partial charge < -0.3 is 20.1 Å². The molecular formula is C19H38N4O2. The van der Waals surface area contributed by atoms with Crippen LogP contribution >= 0.6 is 0 Å². The molecule has 1 aliphatic heterocycles. The van der Waals surface area contributed by atoms with Crippen LogP contribution in [-0.4, -0.2) is 77.1 Å². The molecule has 6 heteroatoms. The fraction of sp³-hybridized carbons (Fsp3) is 0.947. The number of rotatable bonds is 11. The van der Waals surface area contributed by atoms with E-state index in [0.29, 0.717) is 5.41 Å². The molecule has 2 aliphatic rings. The van der Waals surface area contributed by atoms with Gasteiger partial charge in [-0.25, -0.2) is 0 Å². The maximum atomic E-state index is 5.39. The molecule has 2 N–H and O–H groups in total. The van der Waals surface area contributed by atoms with E-state index in [4.69, 9.17) is 14.5 Å². The quantitative estimate of drug-likeness (QED) is 0.337. The highest BCUT2D eigenvalue weighted by Gasteiger charge is 2.36. The number of unbranched alkanes of at least 4 members (excludes halogenated alkanes) is 1. The van der Waals surface area contributed by atoms with Crippen molar-refractivity contribution in [3.8, 4) is 0 Å². The number of morpholine rings is 1. The standard InChI is InChI=1S/C19H38N4O2/c1-3-20-18(22-17-19(7-6-8-19)9-14-24-2)21-10-4-5-11-23-12-15-25-16-13-23/h3-17H2,1-2H3,(H2,20,21,22). The molecule has 2 rings (SSSR count). The molecule has 1 aliphatic carbocycles. The van der Waals surface area contributed by atoms with Gasteiger partial charge in [-0.1, -0.05) is 6.42 Å². The number of hydrogen-bond acceptors (Lipinski definition) is 4. The zero-order valence-corrected chi connectivity index (χ0v) is 16.3. The van der Waals surface area contributed by atoms with Crippen molar-refractivity contribution in [2.24, 2.45) is 10.4 Å². The zero-order chi connectivity index (χ0) is 17.8. The Kier molecular flexibility index (Phi) is 9.58. The van der Waals surface area contributed by atoms with Crippen LogP contribution < -0.4 is 10.6 Å². The lowest BCUT2D eigenvalue weighted by Gasteiger charge is -2.40. The zero-order valence-electron chi connectivity index (χ0n) is 16.3. The average molecular weight is 355 g/mol. The average Bonchev–Trinajstić information content (AvgIpc) is 2.61. The lowest BCUT2D eigenvalue weighted by molar-refractivity contribution is 0.0372. The Bertz CT molecular complexity index is 380. The molecule has 0 aromatic carbocycles. The lowest BCUT2D eigenvalue weighted by Crippen LogP contribution is -2.41. The predicted octanol–water partition coefficient (Wildman–Crippen LogP) is 1.86. The van der Waals surface area contributed by atoms with Gasteiger partial charge in [0.2, 0.25) is 0 Å². The maximum Gasteiger partial charge on any atom is 0.191 e. The molecule has 1 saturated heterocycles. The van der Waals surface area contributed by atoms with Gasteiger partial charge in [0.15, 0.2) is 5.96 Å². The molecule has 0 radical (unpaired) electrons. The number of ether oxygens (including phenoxy) is 2. The van der Waals surface area contributed by atoms with E-state index in [2.05, 4.69) is 22.5 Å². The Morgan fingerprint density at radius 1 is 1.20 bits per heavy atom. The minimum Gasteiger partial charge on any atom is -0.385 e. The largest absolute Gasteiger partial charge is 0.385 e. The molecule has 146 valence electrons. The van der Waals surface area contributed by atoms with Crippen molar-refractivity contribution in [1.29, 1.82) is 0 Å². The molecule has 0 aromatic rings. The summed E-state index contributed by atoms with van der Waals surface area (Å²) in [7, 11) is 1.79.